The second-order valence-electron chi connectivity index (χ2n) is 7.34. The van der Waals surface area contributed by atoms with Crippen LogP contribution in [0, 0.1) is 18.3 Å². The van der Waals surface area contributed by atoms with Crippen LogP contribution in [0.25, 0.3) is 32.4 Å². The molecule has 0 amide bonds. The highest BCUT2D eigenvalue weighted by molar-refractivity contribution is 7.18. The summed E-state index contributed by atoms with van der Waals surface area (Å²) in [6.07, 6.45) is 8.44. The van der Waals surface area contributed by atoms with Crippen LogP contribution < -0.4 is 5.56 Å². The van der Waals surface area contributed by atoms with Crippen LogP contribution >= 0.6 is 11.3 Å². The monoisotopic (exact) mass is 451 g/mol. The van der Waals surface area contributed by atoms with Crippen LogP contribution in [-0.2, 0) is 0 Å². The standard InChI is InChI=1S/C26H21N5OS/c1-4-19(14-27)11-10-17(2)24-18(3)30-31(26(24)32)23-13-12-21(15-28-23)25-29-16-22(33-25)20-8-6-5-7-9-20/h4-13,15-16,30H,1H2,2-3H3/b17-10+,19-11+. The summed E-state index contributed by atoms with van der Waals surface area (Å²) >= 11 is 1.60. The van der Waals surface area contributed by atoms with Crippen molar-refractivity contribution in [1.82, 2.24) is 19.7 Å². The third-order valence-corrected chi connectivity index (χ3v) is 6.21. The lowest BCUT2D eigenvalue weighted by molar-refractivity contribution is 0.807. The zero-order valence-corrected chi connectivity index (χ0v) is 19.1. The van der Waals surface area contributed by atoms with Gasteiger partial charge in [-0.15, -0.1) is 11.3 Å². The van der Waals surface area contributed by atoms with Crippen molar-refractivity contribution < 1.29 is 0 Å². The van der Waals surface area contributed by atoms with Crippen molar-refractivity contribution >= 4 is 16.9 Å². The number of pyridine rings is 1. The number of hydrogen-bond donors (Lipinski definition) is 1. The van der Waals surface area contributed by atoms with Gasteiger partial charge in [0.25, 0.3) is 5.56 Å². The molecule has 7 heteroatoms. The fourth-order valence-electron chi connectivity index (χ4n) is 3.41. The highest BCUT2D eigenvalue weighted by Gasteiger charge is 2.15. The van der Waals surface area contributed by atoms with Gasteiger partial charge in [-0.3, -0.25) is 9.89 Å². The highest BCUT2D eigenvalue weighted by atomic mass is 32.1. The van der Waals surface area contributed by atoms with E-state index in [0.29, 0.717) is 17.0 Å². The minimum atomic E-state index is -0.201. The Morgan fingerprint density at radius 1 is 1.12 bits per heavy atom. The van der Waals surface area contributed by atoms with Gasteiger partial charge in [0.1, 0.15) is 5.01 Å². The van der Waals surface area contributed by atoms with Crippen LogP contribution in [0.1, 0.15) is 18.2 Å². The average molecular weight is 452 g/mol. The van der Waals surface area contributed by atoms with Crippen molar-refractivity contribution in [3.63, 3.8) is 0 Å². The zero-order valence-electron chi connectivity index (χ0n) is 18.2. The lowest BCUT2D eigenvalue weighted by Gasteiger charge is -2.02. The lowest BCUT2D eigenvalue weighted by atomic mass is 10.1. The van der Waals surface area contributed by atoms with E-state index in [-0.39, 0.29) is 5.56 Å². The Hall–Kier alpha value is -4.28. The number of nitrogens with one attached hydrogen (secondary N) is 1. The Morgan fingerprint density at radius 2 is 1.91 bits per heavy atom. The molecule has 1 N–H and O–H groups in total. The third-order valence-electron chi connectivity index (χ3n) is 5.12. The minimum Gasteiger partial charge on any atom is -0.293 e. The summed E-state index contributed by atoms with van der Waals surface area (Å²) in [5, 5.41) is 13.0. The molecule has 0 atom stereocenters. The van der Waals surface area contributed by atoms with Crippen LogP contribution in [0.4, 0.5) is 0 Å². The molecule has 162 valence electrons. The number of nitrogens with zero attached hydrogens (tertiary/aromatic N) is 4. The van der Waals surface area contributed by atoms with E-state index in [0.717, 1.165) is 32.3 Å². The summed E-state index contributed by atoms with van der Waals surface area (Å²) in [4.78, 5) is 23.2. The van der Waals surface area contributed by atoms with Crippen molar-refractivity contribution in [3.05, 3.63) is 107 Å². The lowest BCUT2D eigenvalue weighted by Crippen LogP contribution is -2.17. The maximum absolute atomic E-state index is 13.1. The van der Waals surface area contributed by atoms with E-state index < -0.39 is 0 Å². The summed E-state index contributed by atoms with van der Waals surface area (Å²) < 4.78 is 1.42. The molecule has 0 fully saturated rings. The molecule has 0 aliphatic rings. The molecule has 0 saturated heterocycles. The number of H-pyrrole nitrogens is 1. The summed E-state index contributed by atoms with van der Waals surface area (Å²) in [7, 11) is 0. The van der Waals surface area contributed by atoms with E-state index in [1.807, 2.05) is 50.4 Å². The van der Waals surface area contributed by atoms with E-state index in [4.69, 9.17) is 5.26 Å². The minimum absolute atomic E-state index is 0.201. The van der Waals surface area contributed by atoms with Gasteiger partial charge < -0.3 is 0 Å². The Labute approximate surface area is 195 Å². The first-order valence-corrected chi connectivity index (χ1v) is 11.0. The molecule has 0 spiro atoms. The van der Waals surface area contributed by atoms with Crippen molar-refractivity contribution in [2.75, 3.05) is 0 Å². The summed E-state index contributed by atoms with van der Waals surface area (Å²) in [6, 6.07) is 15.9. The summed E-state index contributed by atoms with van der Waals surface area (Å²) in [5.74, 6) is 0.491. The third kappa shape index (κ3) is 4.52. The molecule has 0 radical (unpaired) electrons. The van der Waals surface area contributed by atoms with Gasteiger partial charge >= 0.3 is 0 Å². The molecule has 4 rings (SSSR count). The van der Waals surface area contributed by atoms with Crippen LogP contribution in [0.15, 0.2) is 90.0 Å². The van der Waals surface area contributed by atoms with Crippen LogP contribution in [0.3, 0.4) is 0 Å². The molecule has 0 aliphatic carbocycles. The van der Waals surface area contributed by atoms with Gasteiger partial charge in [0.05, 0.1) is 22.1 Å². The van der Waals surface area contributed by atoms with E-state index in [1.165, 1.54) is 10.8 Å². The number of allylic oxidation sites excluding steroid dienone is 5. The smallest absolute Gasteiger partial charge is 0.280 e. The predicted octanol–water partition coefficient (Wildman–Crippen LogP) is 5.70. The first kappa shape index (κ1) is 21.9. The molecule has 0 saturated carbocycles. The predicted molar refractivity (Wildman–Crippen MR) is 133 cm³/mol. The molecule has 3 heterocycles. The fraction of sp³-hybridized carbons (Fsp3) is 0.0769. The first-order valence-electron chi connectivity index (χ1n) is 10.2. The first-order chi connectivity index (χ1) is 16.0. The van der Waals surface area contributed by atoms with Gasteiger partial charge in [0.2, 0.25) is 0 Å². The topological polar surface area (TPSA) is 87.4 Å². The number of nitriles is 1. The van der Waals surface area contributed by atoms with Crippen LogP contribution in [0.5, 0.6) is 0 Å². The summed E-state index contributed by atoms with van der Waals surface area (Å²) in [5.41, 5.74) is 4.25. The molecule has 0 bridgehead atoms. The largest absolute Gasteiger partial charge is 0.293 e. The molecule has 1 aromatic carbocycles. The van der Waals surface area contributed by atoms with E-state index in [9.17, 15) is 4.79 Å². The van der Waals surface area contributed by atoms with Crippen molar-refractivity contribution in [1.29, 1.82) is 5.26 Å². The highest BCUT2D eigenvalue weighted by Crippen LogP contribution is 2.31. The molecular formula is C26H21N5OS. The van der Waals surface area contributed by atoms with Gasteiger partial charge in [0, 0.05) is 23.7 Å². The summed E-state index contributed by atoms with van der Waals surface area (Å²) in [6.45, 7) is 7.27. The Kier molecular flexibility index (Phi) is 6.29. The molecule has 0 aliphatic heterocycles. The molecule has 0 unspecified atom stereocenters. The molecule has 4 aromatic rings. The number of aromatic amines is 1. The number of hydrogen-bond acceptors (Lipinski definition) is 5. The molecule has 6 nitrogen and oxygen atoms in total. The van der Waals surface area contributed by atoms with Crippen molar-refractivity contribution in [3.8, 4) is 32.9 Å². The quantitative estimate of drug-likeness (QED) is 0.301. The van der Waals surface area contributed by atoms with Gasteiger partial charge in [-0.05, 0) is 43.2 Å². The second-order valence-corrected chi connectivity index (χ2v) is 8.37. The Bertz CT molecular complexity index is 1460. The number of aryl methyl sites for hydroxylation is 1. The molecule has 33 heavy (non-hydrogen) atoms. The SMILES string of the molecule is C=C/C(C#N)=C\C=C(/C)c1c(C)[nH]n(-c2ccc(-c3ncc(-c4ccccc4)s3)cn2)c1=O. The molecule has 3 aromatic heterocycles. The number of benzene rings is 1. The fourth-order valence-corrected chi connectivity index (χ4v) is 4.32. The Balaban J connectivity index is 1.62. The number of thiazole rings is 1. The van der Waals surface area contributed by atoms with E-state index in [1.54, 1.807) is 35.8 Å². The van der Waals surface area contributed by atoms with E-state index in [2.05, 4.69) is 33.8 Å². The maximum Gasteiger partial charge on any atom is 0.280 e. The van der Waals surface area contributed by atoms with Gasteiger partial charge in [-0.25, -0.2) is 14.6 Å². The maximum atomic E-state index is 13.1. The second kappa shape index (κ2) is 9.47. The normalized spacial score (nSPS) is 11.9. The van der Waals surface area contributed by atoms with Crippen molar-refractivity contribution in [2.45, 2.75) is 13.8 Å². The van der Waals surface area contributed by atoms with Gasteiger partial charge in [-0.1, -0.05) is 49.1 Å². The van der Waals surface area contributed by atoms with Crippen molar-refractivity contribution in [2.24, 2.45) is 0 Å². The van der Waals surface area contributed by atoms with Crippen LogP contribution in [-0.4, -0.2) is 19.7 Å². The van der Waals surface area contributed by atoms with Crippen LogP contribution in [0.2, 0.25) is 0 Å². The van der Waals surface area contributed by atoms with Gasteiger partial charge in [-0.2, -0.15) is 5.26 Å². The number of rotatable bonds is 6. The van der Waals surface area contributed by atoms with Gasteiger partial charge in [0.15, 0.2) is 5.82 Å². The zero-order chi connectivity index (χ0) is 23.4. The number of aromatic nitrogens is 4. The average Bonchev–Trinajstić information content (AvgIpc) is 3.45. The molecular weight excluding hydrogens is 430 g/mol. The Morgan fingerprint density at radius 3 is 2.58 bits per heavy atom. The van der Waals surface area contributed by atoms with E-state index >= 15 is 0 Å².